The Morgan fingerprint density at radius 2 is 1.92 bits per heavy atom. The monoisotopic (exact) mass is 692 g/mol. The van der Waals surface area contributed by atoms with Gasteiger partial charge in [-0.05, 0) is 31.0 Å². The first kappa shape index (κ1) is 35.4. The third kappa shape index (κ3) is 7.71. The minimum Gasteiger partial charge on any atom is -0.493 e. The third-order valence-electron chi connectivity index (χ3n) is 8.53. The van der Waals surface area contributed by atoms with Crippen LogP contribution < -0.4 is 20.1 Å². The van der Waals surface area contributed by atoms with Crippen molar-refractivity contribution < 1.29 is 28.7 Å². The second-order valence-electron chi connectivity index (χ2n) is 13.0. The highest BCUT2D eigenvalue weighted by Crippen LogP contribution is 2.30. The van der Waals surface area contributed by atoms with E-state index in [1.165, 1.54) is 40.5 Å². The van der Waals surface area contributed by atoms with E-state index in [1.54, 1.807) is 54.6 Å². The highest BCUT2D eigenvalue weighted by Gasteiger charge is 2.35. The number of ether oxygens (including phenoxy) is 2. The molecule has 49 heavy (non-hydrogen) atoms. The fourth-order valence-electron chi connectivity index (χ4n) is 5.66. The van der Waals surface area contributed by atoms with E-state index in [1.807, 2.05) is 19.2 Å². The number of nitrogens with one attached hydrogen (secondary N) is 2. The number of aromatic nitrogens is 4. The van der Waals surface area contributed by atoms with Crippen LogP contribution in [0.25, 0.3) is 5.65 Å². The molecule has 2 N–H and O–H groups in total. The zero-order chi connectivity index (χ0) is 35.6. The lowest BCUT2D eigenvalue weighted by molar-refractivity contribution is -0.139. The Labute approximate surface area is 289 Å². The van der Waals surface area contributed by atoms with Crippen LogP contribution in [0.1, 0.15) is 72.0 Å². The first-order valence-corrected chi connectivity index (χ1v) is 17.1. The highest BCUT2D eigenvalue weighted by molar-refractivity contribution is 7.09. The number of benzene rings is 1. The summed E-state index contributed by atoms with van der Waals surface area (Å²) >= 11 is 1.53. The summed E-state index contributed by atoms with van der Waals surface area (Å²) in [6.07, 6.45) is 3.76. The molecule has 0 saturated heterocycles. The van der Waals surface area contributed by atoms with E-state index in [2.05, 4.69) is 34.6 Å². The first-order chi connectivity index (χ1) is 23.3. The highest BCUT2D eigenvalue weighted by atomic mass is 32.1. The Bertz CT molecular complexity index is 1840. The molecule has 4 heterocycles. The number of aryl methyl sites for hydroxylation is 1. The lowest BCUT2D eigenvalue weighted by atomic mass is 10.0. The number of nitrogens with zero attached hydrogens (tertiary/aromatic N) is 6. The molecule has 3 aromatic heterocycles. The van der Waals surface area contributed by atoms with Crippen molar-refractivity contribution in [3.05, 3.63) is 64.0 Å². The molecule has 4 aromatic rings. The summed E-state index contributed by atoms with van der Waals surface area (Å²) in [6, 6.07) is 3.35. The second-order valence-corrected chi connectivity index (χ2v) is 13.9. The van der Waals surface area contributed by atoms with Crippen molar-refractivity contribution >= 4 is 40.6 Å². The number of hydrogen-bond acceptors (Lipinski definition) is 9. The molecule has 262 valence electrons. The van der Waals surface area contributed by atoms with E-state index in [9.17, 15) is 19.2 Å². The summed E-state index contributed by atoms with van der Waals surface area (Å²) in [5.41, 5.74) is 1.89. The van der Waals surface area contributed by atoms with Gasteiger partial charge in [-0.2, -0.15) is 5.10 Å². The quantitative estimate of drug-likeness (QED) is 0.300. The molecule has 2 bridgehead atoms. The average molecular weight is 693 g/mol. The number of fused-ring (bicyclic) bond motifs is 3. The Kier molecular flexibility index (Phi) is 10.6. The Morgan fingerprint density at radius 1 is 1.16 bits per heavy atom. The molecule has 4 amide bonds. The van der Waals surface area contributed by atoms with Crippen LogP contribution in [0, 0.1) is 5.92 Å². The molecule has 5 rings (SSSR count). The van der Waals surface area contributed by atoms with Gasteiger partial charge in [0.25, 0.3) is 17.7 Å². The minimum absolute atomic E-state index is 0.0441. The molecule has 14 nitrogen and oxygen atoms in total. The minimum atomic E-state index is -1.22. The molecule has 1 aromatic carbocycles. The molecule has 3 atom stereocenters. The van der Waals surface area contributed by atoms with E-state index < -0.39 is 41.8 Å². The van der Waals surface area contributed by atoms with Crippen molar-refractivity contribution in [1.29, 1.82) is 0 Å². The molecule has 0 spiro atoms. The van der Waals surface area contributed by atoms with Crippen LogP contribution in [0.15, 0.2) is 42.2 Å². The number of likely N-dealkylation sites (N-methyl/N-ethyl adjacent to an activating group) is 1. The Hall–Kier alpha value is -4.92. The zero-order valence-electron chi connectivity index (χ0n) is 29.1. The molecule has 0 unspecified atom stereocenters. The molecular weight excluding hydrogens is 648 g/mol. The summed E-state index contributed by atoms with van der Waals surface area (Å²) in [5.74, 6) is -1.13. The molecule has 0 fully saturated rings. The van der Waals surface area contributed by atoms with E-state index in [4.69, 9.17) is 9.47 Å². The lowest BCUT2D eigenvalue weighted by Crippen LogP contribution is -2.55. The van der Waals surface area contributed by atoms with Gasteiger partial charge in [-0.15, -0.1) is 11.3 Å². The van der Waals surface area contributed by atoms with Crippen molar-refractivity contribution in [2.45, 2.75) is 65.3 Å². The van der Waals surface area contributed by atoms with Gasteiger partial charge in [0.15, 0.2) is 17.6 Å². The van der Waals surface area contributed by atoms with Crippen molar-refractivity contribution in [2.75, 3.05) is 27.2 Å². The number of carbonyl (C=O) groups excluding carboxylic acids is 4. The largest absolute Gasteiger partial charge is 0.493 e. The lowest BCUT2D eigenvalue weighted by Gasteiger charge is -2.32. The summed E-state index contributed by atoms with van der Waals surface area (Å²) in [7, 11) is 4.91. The maximum absolute atomic E-state index is 14.1. The number of methoxy groups -OCH3 is 1. The van der Waals surface area contributed by atoms with Crippen molar-refractivity contribution in [1.82, 2.24) is 39.6 Å². The third-order valence-corrected chi connectivity index (χ3v) is 9.72. The number of imidazole rings is 1. The number of rotatable bonds is 7. The van der Waals surface area contributed by atoms with Gasteiger partial charge in [-0.25, -0.2) is 9.50 Å². The molecule has 1 aliphatic rings. The molecular formula is C34H44N8O6S. The van der Waals surface area contributed by atoms with Gasteiger partial charge in [-0.1, -0.05) is 27.7 Å². The van der Waals surface area contributed by atoms with Gasteiger partial charge in [0.2, 0.25) is 5.91 Å². The molecule has 0 saturated carbocycles. The number of hydrogen-bond donors (Lipinski definition) is 2. The van der Waals surface area contributed by atoms with Crippen LogP contribution >= 0.6 is 11.3 Å². The molecule has 0 radical (unpaired) electrons. The summed E-state index contributed by atoms with van der Waals surface area (Å²) < 4.78 is 15.2. The van der Waals surface area contributed by atoms with Crippen LogP contribution in [0.3, 0.4) is 0 Å². The van der Waals surface area contributed by atoms with Crippen molar-refractivity contribution in [3.63, 3.8) is 0 Å². The fourth-order valence-corrected chi connectivity index (χ4v) is 6.49. The topological polar surface area (TPSA) is 152 Å². The van der Waals surface area contributed by atoms with Gasteiger partial charge in [0.05, 0.1) is 43.1 Å². The van der Waals surface area contributed by atoms with Crippen LogP contribution in [0.4, 0.5) is 0 Å². The molecule has 0 aliphatic carbocycles. The van der Waals surface area contributed by atoms with Gasteiger partial charge < -0.3 is 34.5 Å². The normalized spacial score (nSPS) is 19.0. The van der Waals surface area contributed by atoms with Crippen molar-refractivity contribution in [2.24, 2.45) is 13.0 Å². The maximum atomic E-state index is 14.1. The van der Waals surface area contributed by atoms with Gasteiger partial charge >= 0.3 is 0 Å². The van der Waals surface area contributed by atoms with Gasteiger partial charge in [-0.3, -0.25) is 19.2 Å². The summed E-state index contributed by atoms with van der Waals surface area (Å²) in [6.45, 7) is 9.56. The first-order valence-electron chi connectivity index (χ1n) is 16.2. The number of carbonyl (C=O) groups is 4. The van der Waals surface area contributed by atoms with Gasteiger partial charge in [0.1, 0.15) is 11.2 Å². The summed E-state index contributed by atoms with van der Waals surface area (Å²) in [4.78, 5) is 63.1. The van der Waals surface area contributed by atoms with E-state index in [0.717, 1.165) is 10.7 Å². The number of amides is 4. The van der Waals surface area contributed by atoms with Gasteiger partial charge in [0, 0.05) is 55.9 Å². The SMILES string of the molecule is COc1ccc2cc1O[C@@H](C(=O)N(C)Cc1csc(C(C)C)n1)[C@H](C)NC(=O)CN(C(=O)c1cnn3ccn(C)c13)C[C@H](C(C)C)NC2=O. The molecule has 15 heteroatoms. The standard InChI is InChI=1S/C34H44N8O6S/c1-19(2)25-16-41(33(45)24-14-35-42-12-11-39(6)32(24)42)17-28(43)36-21(5)29(34(46)40(7)15-23-18-49-31(37-23)20(3)4)48-27-13-22(30(44)38-25)9-10-26(27)47-8/h9-14,18-21,25,29H,15-17H2,1-8H3,(H,36,43)(H,38,44)/t21-,25+,29+/m0/s1. The smallest absolute Gasteiger partial charge is 0.265 e. The van der Waals surface area contributed by atoms with Crippen LogP contribution in [0.5, 0.6) is 11.5 Å². The average Bonchev–Trinajstić information content (AvgIpc) is 3.80. The second kappa shape index (κ2) is 14.7. The summed E-state index contributed by atoms with van der Waals surface area (Å²) in [5, 5.41) is 13.1. The zero-order valence-corrected chi connectivity index (χ0v) is 29.9. The van der Waals surface area contributed by atoms with Crippen LogP contribution in [0.2, 0.25) is 0 Å². The van der Waals surface area contributed by atoms with Crippen LogP contribution in [-0.4, -0.2) is 98.0 Å². The molecule has 1 aliphatic heterocycles. The van der Waals surface area contributed by atoms with E-state index in [0.29, 0.717) is 17.0 Å². The van der Waals surface area contributed by atoms with E-state index >= 15 is 0 Å². The fraction of sp³-hybridized carbons (Fsp3) is 0.471. The number of thiazole rings is 1. The Balaban J connectivity index is 1.51. The van der Waals surface area contributed by atoms with Crippen LogP contribution in [-0.2, 0) is 23.2 Å². The van der Waals surface area contributed by atoms with E-state index in [-0.39, 0.29) is 42.8 Å². The predicted octanol–water partition coefficient (Wildman–Crippen LogP) is 3.08. The predicted molar refractivity (Wildman–Crippen MR) is 184 cm³/mol. The van der Waals surface area contributed by atoms with Crippen molar-refractivity contribution in [3.8, 4) is 11.5 Å². The maximum Gasteiger partial charge on any atom is 0.265 e. The Morgan fingerprint density at radius 3 is 2.59 bits per heavy atom.